The number of hydrogen-bond donors (Lipinski definition) is 1. The maximum absolute atomic E-state index is 13.1. The summed E-state index contributed by atoms with van der Waals surface area (Å²) >= 11 is 3.43. The van der Waals surface area contributed by atoms with Gasteiger partial charge in [0.05, 0.1) is 13.7 Å². The van der Waals surface area contributed by atoms with Crippen molar-refractivity contribution in [1.82, 2.24) is 10.2 Å². The number of amides is 2. The molecule has 2 rings (SSSR count). The first-order chi connectivity index (χ1) is 15.3. The minimum absolute atomic E-state index is 0.0709. The van der Waals surface area contributed by atoms with Crippen LogP contribution in [0.5, 0.6) is 11.5 Å². The molecule has 2 aromatic carbocycles. The standard InChI is InChI=1S/C25H33BrN2O4/c1-18(2)16-27-25(30)19(3)28(17-20-7-9-21(26)10-8-20)24(29)6-5-15-32-23-13-11-22(31-4)12-14-23/h7-14,18-19H,5-6,15-17H2,1-4H3,(H,27,30). The van der Waals surface area contributed by atoms with Crippen LogP contribution in [0.4, 0.5) is 0 Å². The van der Waals surface area contributed by atoms with Gasteiger partial charge in [-0.25, -0.2) is 0 Å². The molecular weight excluding hydrogens is 472 g/mol. The molecule has 0 aliphatic carbocycles. The van der Waals surface area contributed by atoms with Crippen molar-refractivity contribution in [3.05, 3.63) is 58.6 Å². The van der Waals surface area contributed by atoms with Crippen LogP contribution in [0.25, 0.3) is 0 Å². The van der Waals surface area contributed by atoms with Gasteiger partial charge in [0.1, 0.15) is 17.5 Å². The summed E-state index contributed by atoms with van der Waals surface area (Å²) in [6, 6.07) is 14.5. The number of nitrogens with zero attached hydrogens (tertiary/aromatic N) is 1. The van der Waals surface area contributed by atoms with E-state index >= 15 is 0 Å². The molecule has 0 aliphatic heterocycles. The molecule has 1 N–H and O–H groups in total. The van der Waals surface area contributed by atoms with Gasteiger partial charge in [0, 0.05) is 24.0 Å². The first-order valence-corrected chi connectivity index (χ1v) is 11.7. The normalized spacial score (nSPS) is 11.7. The molecule has 2 amide bonds. The molecule has 7 heteroatoms. The second kappa shape index (κ2) is 13.1. The fourth-order valence-corrected chi connectivity index (χ4v) is 3.31. The third kappa shape index (κ3) is 8.54. The average Bonchev–Trinajstić information content (AvgIpc) is 2.79. The predicted octanol–water partition coefficient (Wildman–Crippen LogP) is 4.81. The summed E-state index contributed by atoms with van der Waals surface area (Å²) in [5, 5.41) is 2.93. The van der Waals surface area contributed by atoms with E-state index < -0.39 is 6.04 Å². The van der Waals surface area contributed by atoms with Crippen molar-refractivity contribution in [3.63, 3.8) is 0 Å². The minimum atomic E-state index is -0.563. The molecule has 174 valence electrons. The van der Waals surface area contributed by atoms with Gasteiger partial charge >= 0.3 is 0 Å². The van der Waals surface area contributed by atoms with Gasteiger partial charge in [-0.2, -0.15) is 0 Å². The van der Waals surface area contributed by atoms with Gasteiger partial charge in [-0.05, 0) is 61.2 Å². The van der Waals surface area contributed by atoms with Crippen LogP contribution >= 0.6 is 15.9 Å². The van der Waals surface area contributed by atoms with Crippen LogP contribution in [-0.2, 0) is 16.1 Å². The first-order valence-electron chi connectivity index (χ1n) is 10.9. The van der Waals surface area contributed by atoms with E-state index in [2.05, 4.69) is 21.2 Å². The van der Waals surface area contributed by atoms with Gasteiger partial charge in [-0.1, -0.05) is 41.9 Å². The topological polar surface area (TPSA) is 67.9 Å². The molecule has 1 unspecified atom stereocenters. The lowest BCUT2D eigenvalue weighted by molar-refractivity contribution is -0.140. The van der Waals surface area contributed by atoms with Crippen molar-refractivity contribution < 1.29 is 19.1 Å². The fourth-order valence-electron chi connectivity index (χ4n) is 3.05. The zero-order valence-corrected chi connectivity index (χ0v) is 20.9. The number of carbonyl (C=O) groups excluding carboxylic acids is 2. The van der Waals surface area contributed by atoms with Crippen molar-refractivity contribution in [2.75, 3.05) is 20.3 Å². The summed E-state index contributed by atoms with van der Waals surface area (Å²) in [6.07, 6.45) is 0.858. The highest BCUT2D eigenvalue weighted by molar-refractivity contribution is 9.10. The molecule has 1 atom stereocenters. The second-order valence-electron chi connectivity index (χ2n) is 8.09. The average molecular weight is 505 g/mol. The van der Waals surface area contributed by atoms with Crippen LogP contribution in [0.2, 0.25) is 0 Å². The van der Waals surface area contributed by atoms with Gasteiger partial charge in [0.2, 0.25) is 11.8 Å². The smallest absolute Gasteiger partial charge is 0.242 e. The summed E-state index contributed by atoms with van der Waals surface area (Å²) in [4.78, 5) is 27.4. The van der Waals surface area contributed by atoms with Gasteiger partial charge in [0.25, 0.3) is 0 Å². The largest absolute Gasteiger partial charge is 0.497 e. The van der Waals surface area contributed by atoms with Crippen molar-refractivity contribution in [2.24, 2.45) is 5.92 Å². The lowest BCUT2D eigenvalue weighted by Crippen LogP contribution is -2.48. The van der Waals surface area contributed by atoms with Crippen molar-refractivity contribution in [1.29, 1.82) is 0 Å². The number of ether oxygens (including phenoxy) is 2. The lowest BCUT2D eigenvalue weighted by Gasteiger charge is -2.29. The molecule has 6 nitrogen and oxygen atoms in total. The Hall–Kier alpha value is -2.54. The Morgan fingerprint density at radius 2 is 1.62 bits per heavy atom. The van der Waals surface area contributed by atoms with E-state index in [0.717, 1.165) is 21.5 Å². The summed E-state index contributed by atoms with van der Waals surface area (Å²) in [6.45, 7) is 7.23. The van der Waals surface area contributed by atoms with E-state index in [1.807, 2.05) is 62.4 Å². The van der Waals surface area contributed by atoms with Crippen LogP contribution in [0.3, 0.4) is 0 Å². The number of hydrogen-bond acceptors (Lipinski definition) is 4. The SMILES string of the molecule is COc1ccc(OCCCC(=O)N(Cc2ccc(Br)cc2)C(C)C(=O)NCC(C)C)cc1. The van der Waals surface area contributed by atoms with Gasteiger partial charge < -0.3 is 19.7 Å². The minimum Gasteiger partial charge on any atom is -0.497 e. The summed E-state index contributed by atoms with van der Waals surface area (Å²) in [5.74, 6) is 1.63. The lowest BCUT2D eigenvalue weighted by atomic mass is 10.1. The molecular formula is C25H33BrN2O4. The van der Waals surface area contributed by atoms with Crippen LogP contribution in [0.1, 0.15) is 39.2 Å². The number of benzene rings is 2. The highest BCUT2D eigenvalue weighted by Gasteiger charge is 2.25. The van der Waals surface area contributed by atoms with Crippen molar-refractivity contribution in [2.45, 2.75) is 46.2 Å². The number of rotatable bonds is 12. The maximum Gasteiger partial charge on any atom is 0.242 e. The maximum atomic E-state index is 13.1. The number of halogens is 1. The molecule has 2 aromatic rings. The van der Waals surface area contributed by atoms with Gasteiger partial charge in [0.15, 0.2) is 0 Å². The fraction of sp³-hybridized carbons (Fsp3) is 0.440. The first kappa shape index (κ1) is 25.7. The molecule has 0 bridgehead atoms. The number of nitrogens with one attached hydrogen (secondary N) is 1. The van der Waals surface area contributed by atoms with Gasteiger partial charge in [-0.15, -0.1) is 0 Å². The van der Waals surface area contributed by atoms with E-state index in [4.69, 9.17) is 9.47 Å². The summed E-state index contributed by atoms with van der Waals surface area (Å²) in [5.41, 5.74) is 0.972. The highest BCUT2D eigenvalue weighted by Crippen LogP contribution is 2.18. The molecule has 0 saturated carbocycles. The highest BCUT2D eigenvalue weighted by atomic mass is 79.9. The molecule has 0 spiro atoms. The molecule has 0 radical (unpaired) electrons. The third-order valence-electron chi connectivity index (χ3n) is 4.98. The van der Waals surface area contributed by atoms with Crippen LogP contribution in [0.15, 0.2) is 53.0 Å². The Bertz CT molecular complexity index is 853. The van der Waals surface area contributed by atoms with E-state index in [9.17, 15) is 9.59 Å². The number of methoxy groups -OCH3 is 1. The van der Waals surface area contributed by atoms with Crippen LogP contribution < -0.4 is 14.8 Å². The Morgan fingerprint density at radius 1 is 1.00 bits per heavy atom. The monoisotopic (exact) mass is 504 g/mol. The van der Waals surface area contributed by atoms with Crippen molar-refractivity contribution >= 4 is 27.7 Å². The van der Waals surface area contributed by atoms with Crippen molar-refractivity contribution in [3.8, 4) is 11.5 Å². The molecule has 32 heavy (non-hydrogen) atoms. The Morgan fingerprint density at radius 3 is 2.22 bits per heavy atom. The third-order valence-corrected chi connectivity index (χ3v) is 5.51. The van der Waals surface area contributed by atoms with Gasteiger partial charge in [-0.3, -0.25) is 9.59 Å². The Labute approximate surface area is 199 Å². The van der Waals surface area contributed by atoms with Crippen LogP contribution in [-0.4, -0.2) is 43.0 Å². The van der Waals surface area contributed by atoms with E-state index in [1.54, 1.807) is 18.9 Å². The second-order valence-corrected chi connectivity index (χ2v) is 9.01. The number of carbonyl (C=O) groups is 2. The van der Waals surface area contributed by atoms with E-state index in [0.29, 0.717) is 38.5 Å². The summed E-state index contributed by atoms with van der Waals surface area (Å²) < 4.78 is 11.8. The molecule has 0 saturated heterocycles. The molecule has 0 aromatic heterocycles. The predicted molar refractivity (Wildman–Crippen MR) is 130 cm³/mol. The molecule has 0 aliphatic rings. The van der Waals surface area contributed by atoms with Crippen LogP contribution in [0, 0.1) is 5.92 Å². The molecule has 0 heterocycles. The Balaban J connectivity index is 1.96. The molecule has 0 fully saturated rings. The van der Waals surface area contributed by atoms with E-state index in [-0.39, 0.29) is 11.8 Å². The Kier molecular flexibility index (Phi) is 10.5. The zero-order chi connectivity index (χ0) is 23.5. The van der Waals surface area contributed by atoms with E-state index in [1.165, 1.54) is 0 Å². The summed E-state index contributed by atoms with van der Waals surface area (Å²) in [7, 11) is 1.62. The zero-order valence-electron chi connectivity index (χ0n) is 19.3. The quantitative estimate of drug-likeness (QED) is 0.421.